The topological polar surface area (TPSA) is 88.0 Å². The molecule has 1 aliphatic rings. The number of carbonyl (C=O) groups excluding carboxylic acids is 1. The standard InChI is InChI=1S/C17H22F3N7O/c1-5-21-13-11(17(18,19)20)8-22-15(24-13)23-12-9-27(25-10(12)2)16(3)6-7-26(4)14(16)28/h8-9H,5-7H2,1-4H3,(H2,21,22,23,24)/t16-/m1/s1/i3D3,4D3. The second-order valence-electron chi connectivity index (χ2n) is 6.25. The summed E-state index contributed by atoms with van der Waals surface area (Å²) in [4.78, 5) is 21.1. The number of nitrogens with zero attached hydrogens (tertiary/aromatic N) is 5. The summed E-state index contributed by atoms with van der Waals surface area (Å²) in [5.74, 6) is -1.80. The number of halogens is 3. The Morgan fingerprint density at radius 2 is 2.21 bits per heavy atom. The van der Waals surface area contributed by atoms with E-state index in [2.05, 4.69) is 25.7 Å². The number of hydrogen-bond donors (Lipinski definition) is 2. The first-order valence-electron chi connectivity index (χ1n) is 11.4. The third kappa shape index (κ3) is 3.48. The van der Waals surface area contributed by atoms with Crippen LogP contribution in [-0.4, -0.2) is 50.6 Å². The zero-order chi connectivity index (χ0) is 25.7. The van der Waals surface area contributed by atoms with Gasteiger partial charge in [0, 0.05) is 34.5 Å². The van der Waals surface area contributed by atoms with E-state index in [0.717, 1.165) is 4.68 Å². The highest BCUT2D eigenvalue weighted by atomic mass is 19.4. The van der Waals surface area contributed by atoms with Gasteiger partial charge in [0.15, 0.2) is 0 Å². The average Bonchev–Trinajstić information content (AvgIpc) is 3.21. The molecule has 2 aromatic rings. The maximum absolute atomic E-state index is 13.2. The lowest BCUT2D eigenvalue weighted by Gasteiger charge is -2.22. The fourth-order valence-electron chi connectivity index (χ4n) is 2.77. The van der Waals surface area contributed by atoms with Gasteiger partial charge in [0.05, 0.1) is 17.6 Å². The largest absolute Gasteiger partial charge is 0.421 e. The first-order valence-corrected chi connectivity index (χ1v) is 8.36. The Labute approximate surface area is 168 Å². The molecule has 3 rings (SSSR count). The molecule has 8 nitrogen and oxygen atoms in total. The highest BCUT2D eigenvalue weighted by molar-refractivity contribution is 5.86. The van der Waals surface area contributed by atoms with Crippen molar-refractivity contribution >= 4 is 23.4 Å². The number of anilines is 3. The highest BCUT2D eigenvalue weighted by Gasteiger charge is 2.44. The summed E-state index contributed by atoms with van der Waals surface area (Å²) in [5.41, 5.74) is -3.00. The number of aromatic nitrogens is 4. The summed E-state index contributed by atoms with van der Waals surface area (Å²) >= 11 is 0. The monoisotopic (exact) mass is 403 g/mol. The zero-order valence-corrected chi connectivity index (χ0v) is 15.1. The molecule has 1 atom stereocenters. The fourth-order valence-corrected chi connectivity index (χ4v) is 2.77. The van der Waals surface area contributed by atoms with E-state index in [0.29, 0.717) is 11.1 Å². The molecular weight excluding hydrogens is 375 g/mol. The second kappa shape index (κ2) is 6.95. The van der Waals surface area contributed by atoms with Crippen molar-refractivity contribution in [3.8, 4) is 0 Å². The summed E-state index contributed by atoms with van der Waals surface area (Å²) in [7, 11) is 0. The highest BCUT2D eigenvalue weighted by Crippen LogP contribution is 2.35. The van der Waals surface area contributed by atoms with E-state index in [-0.39, 0.29) is 36.8 Å². The lowest BCUT2D eigenvalue weighted by Crippen LogP contribution is -2.39. The van der Waals surface area contributed by atoms with E-state index in [9.17, 15) is 18.0 Å². The molecular formula is C17H22F3N7O. The van der Waals surface area contributed by atoms with Gasteiger partial charge >= 0.3 is 6.18 Å². The van der Waals surface area contributed by atoms with Crippen molar-refractivity contribution < 1.29 is 26.2 Å². The van der Waals surface area contributed by atoms with E-state index in [4.69, 9.17) is 8.22 Å². The third-order valence-electron chi connectivity index (χ3n) is 4.27. The number of hydrogen-bond acceptors (Lipinski definition) is 6. The lowest BCUT2D eigenvalue weighted by molar-refractivity contribution is -0.137. The summed E-state index contributed by atoms with van der Waals surface area (Å²) in [5, 5.41) is 9.32. The maximum Gasteiger partial charge on any atom is 0.421 e. The summed E-state index contributed by atoms with van der Waals surface area (Å²) in [6, 6.07) is 0. The summed E-state index contributed by atoms with van der Waals surface area (Å²) < 4.78 is 87.0. The smallest absolute Gasteiger partial charge is 0.370 e. The maximum atomic E-state index is 13.2. The molecule has 0 unspecified atom stereocenters. The summed E-state index contributed by atoms with van der Waals surface area (Å²) in [6.07, 6.45) is -3.23. The molecule has 0 aliphatic carbocycles. The van der Waals surface area contributed by atoms with Gasteiger partial charge in [0.1, 0.15) is 16.9 Å². The number of aryl methyl sites for hydroxylation is 1. The Morgan fingerprint density at radius 3 is 2.82 bits per heavy atom. The molecule has 1 fully saturated rings. The van der Waals surface area contributed by atoms with Crippen LogP contribution in [0.15, 0.2) is 12.4 Å². The predicted octanol–water partition coefficient (Wildman–Crippen LogP) is 2.75. The number of rotatable bonds is 5. The molecule has 1 amide bonds. The number of alkyl halides is 3. The Bertz CT molecular complexity index is 1090. The van der Waals surface area contributed by atoms with Gasteiger partial charge in [0.2, 0.25) is 11.9 Å². The Hall–Kier alpha value is -2.85. The van der Waals surface area contributed by atoms with E-state index in [1.807, 2.05) is 0 Å². The normalized spacial score (nSPS) is 24.0. The molecule has 28 heavy (non-hydrogen) atoms. The van der Waals surface area contributed by atoms with Crippen molar-refractivity contribution in [3.63, 3.8) is 0 Å². The predicted molar refractivity (Wildman–Crippen MR) is 97.3 cm³/mol. The van der Waals surface area contributed by atoms with Crippen molar-refractivity contribution in [2.24, 2.45) is 0 Å². The molecule has 0 aromatic carbocycles. The molecule has 0 saturated carbocycles. The van der Waals surface area contributed by atoms with Gasteiger partial charge in [-0.15, -0.1) is 0 Å². The van der Waals surface area contributed by atoms with Gasteiger partial charge in [-0.2, -0.15) is 23.3 Å². The van der Waals surface area contributed by atoms with Crippen LogP contribution in [0.1, 0.15) is 39.7 Å². The van der Waals surface area contributed by atoms with Crippen molar-refractivity contribution in [1.82, 2.24) is 24.6 Å². The average molecular weight is 403 g/mol. The number of carbonyl (C=O) groups is 1. The molecule has 11 heteroatoms. The molecule has 0 spiro atoms. The third-order valence-corrected chi connectivity index (χ3v) is 4.27. The van der Waals surface area contributed by atoms with Gasteiger partial charge in [-0.25, -0.2) is 4.98 Å². The number of nitrogens with one attached hydrogen (secondary N) is 2. The van der Waals surface area contributed by atoms with E-state index in [1.54, 1.807) is 6.92 Å². The van der Waals surface area contributed by atoms with E-state index < -0.39 is 42.8 Å². The fraction of sp³-hybridized carbons (Fsp3) is 0.529. The molecule has 3 heterocycles. The van der Waals surface area contributed by atoms with E-state index in [1.165, 1.54) is 13.1 Å². The van der Waals surface area contributed by atoms with Crippen molar-refractivity contribution in [2.45, 2.75) is 38.8 Å². The lowest BCUT2D eigenvalue weighted by atomic mass is 10.0. The second-order valence-corrected chi connectivity index (χ2v) is 6.25. The van der Waals surface area contributed by atoms with Crippen LogP contribution in [-0.2, 0) is 16.5 Å². The van der Waals surface area contributed by atoms with Gasteiger partial charge in [0.25, 0.3) is 0 Å². The van der Waals surface area contributed by atoms with Crippen LogP contribution < -0.4 is 10.6 Å². The molecule has 1 saturated heterocycles. The van der Waals surface area contributed by atoms with Gasteiger partial charge in [-0.05, 0) is 27.1 Å². The Balaban J connectivity index is 2.01. The van der Waals surface area contributed by atoms with Crippen molar-refractivity contribution in [3.05, 3.63) is 23.7 Å². The van der Waals surface area contributed by atoms with Crippen LogP contribution in [0, 0.1) is 6.92 Å². The summed E-state index contributed by atoms with van der Waals surface area (Å²) in [6.45, 7) is -2.85. The quantitative estimate of drug-likeness (QED) is 0.798. The van der Waals surface area contributed by atoms with Crippen LogP contribution in [0.4, 0.5) is 30.6 Å². The van der Waals surface area contributed by atoms with Crippen LogP contribution >= 0.6 is 0 Å². The number of likely N-dealkylation sites (N-methyl/N-ethyl adjacent to an activating group) is 1. The number of likely N-dealkylation sites (tertiary alicyclic amines) is 1. The van der Waals surface area contributed by atoms with Crippen LogP contribution in [0.2, 0.25) is 0 Å². The van der Waals surface area contributed by atoms with Crippen LogP contribution in [0.25, 0.3) is 0 Å². The molecule has 0 bridgehead atoms. The SMILES string of the molecule is [2H]C([2H])([2H])N1CC[C@](n2cc(Nc3ncc(C(F)(F)F)c(NCC)n3)c(C)n2)(C([2H])([2H])[2H])C1=O. The number of amides is 1. The molecule has 0 radical (unpaired) electrons. The minimum atomic E-state index is -4.68. The van der Waals surface area contributed by atoms with Crippen molar-refractivity contribution in [2.75, 3.05) is 30.7 Å². The van der Waals surface area contributed by atoms with Crippen LogP contribution in [0.5, 0.6) is 0 Å². The molecule has 2 aromatic heterocycles. The van der Waals surface area contributed by atoms with E-state index >= 15 is 0 Å². The first-order chi connectivity index (χ1) is 15.5. The van der Waals surface area contributed by atoms with Gasteiger partial charge in [-0.3, -0.25) is 9.48 Å². The Morgan fingerprint density at radius 1 is 1.43 bits per heavy atom. The zero-order valence-electron chi connectivity index (χ0n) is 21.1. The van der Waals surface area contributed by atoms with Gasteiger partial charge in [-0.1, -0.05) is 0 Å². The first kappa shape index (κ1) is 13.3. The molecule has 1 aliphatic heterocycles. The molecule has 2 N–H and O–H groups in total. The molecule has 152 valence electrons. The minimum absolute atomic E-state index is 0.131. The van der Waals surface area contributed by atoms with Crippen molar-refractivity contribution in [1.29, 1.82) is 0 Å². The van der Waals surface area contributed by atoms with Crippen LogP contribution in [0.3, 0.4) is 0 Å². The minimum Gasteiger partial charge on any atom is -0.370 e. The Kier molecular flexibility index (Phi) is 3.31. The van der Waals surface area contributed by atoms with Gasteiger partial charge < -0.3 is 15.5 Å².